The zero-order valence-corrected chi connectivity index (χ0v) is 12.3. The second kappa shape index (κ2) is 5.47. The first-order valence-electron chi connectivity index (χ1n) is 7.17. The van der Waals surface area contributed by atoms with Crippen molar-refractivity contribution >= 4 is 18.2 Å². The van der Waals surface area contributed by atoms with E-state index in [1.54, 1.807) is 0 Å². The molecule has 2 bridgehead atoms. The molecule has 3 N–H and O–H groups in total. The van der Waals surface area contributed by atoms with Crippen LogP contribution in [0.15, 0.2) is 24.3 Å². The minimum absolute atomic E-state index is 0. The van der Waals surface area contributed by atoms with Gasteiger partial charge >= 0.3 is 0 Å². The molecule has 3 nitrogen and oxygen atoms in total. The second-order valence-electron chi connectivity index (χ2n) is 6.07. The van der Waals surface area contributed by atoms with Gasteiger partial charge in [-0.05, 0) is 49.3 Å². The summed E-state index contributed by atoms with van der Waals surface area (Å²) in [5, 5.41) is 3.65. The largest absolute Gasteiger partial charge is 0.412 e. The van der Waals surface area contributed by atoms with E-state index >= 15 is 0 Å². The first-order valence-corrected chi connectivity index (χ1v) is 7.17. The van der Waals surface area contributed by atoms with Gasteiger partial charge < -0.3 is 10.8 Å². The molecule has 2 fully saturated rings. The Morgan fingerprint density at radius 3 is 2.90 bits per heavy atom. The summed E-state index contributed by atoms with van der Waals surface area (Å²) in [6.45, 7) is 1.00. The first-order chi connectivity index (χ1) is 8.82. The van der Waals surface area contributed by atoms with Gasteiger partial charge in [-0.25, -0.2) is 0 Å². The number of piperidine rings is 1. The maximum atomic E-state index is 12.7. The molecule has 1 saturated heterocycles. The molecule has 2 aliphatic carbocycles. The number of hydrogen-bond donors (Lipinski definition) is 1. The average Bonchev–Trinajstić information content (AvgIpc) is 2.39. The summed E-state index contributed by atoms with van der Waals surface area (Å²) < 4.78 is 0. The van der Waals surface area contributed by atoms with Crippen LogP contribution in [0, 0.1) is 5.92 Å². The van der Waals surface area contributed by atoms with Crippen molar-refractivity contribution in [2.75, 3.05) is 6.54 Å². The van der Waals surface area contributed by atoms with Gasteiger partial charge in [-0.3, -0.25) is 4.79 Å². The summed E-state index contributed by atoms with van der Waals surface area (Å²) in [6, 6.07) is 9.17. The number of rotatable bonds is 0. The Kier molecular flexibility index (Phi) is 4.24. The molecule has 1 aliphatic heterocycles. The smallest absolute Gasteiger partial charge is 0.143 e. The standard InChI is InChI=1S/C16H19NO.ClH.H2O/c18-15-7-3-6-13-14-10-11-4-1-2-5-12(11)16(13,15)8-9-17-14;;/h1-2,4-5,13-14,17H,3,6-10H2;1H;1H2/t13-,14+,16+;;/m0../s1. The van der Waals surface area contributed by atoms with Crippen LogP contribution >= 0.6 is 12.4 Å². The minimum atomic E-state index is -0.136. The predicted molar refractivity (Wildman–Crippen MR) is 81.4 cm³/mol. The molecule has 110 valence electrons. The molecule has 1 aromatic carbocycles. The third kappa shape index (κ3) is 1.84. The maximum absolute atomic E-state index is 12.7. The van der Waals surface area contributed by atoms with Crippen molar-refractivity contribution in [3.05, 3.63) is 35.4 Å². The van der Waals surface area contributed by atoms with Crippen LogP contribution < -0.4 is 5.32 Å². The van der Waals surface area contributed by atoms with Gasteiger partial charge in [-0.15, -0.1) is 12.4 Å². The van der Waals surface area contributed by atoms with Crippen molar-refractivity contribution in [3.63, 3.8) is 0 Å². The molecule has 20 heavy (non-hydrogen) atoms. The average molecular weight is 296 g/mol. The highest BCUT2D eigenvalue weighted by molar-refractivity contribution is 5.92. The number of hydrogen-bond acceptors (Lipinski definition) is 2. The van der Waals surface area contributed by atoms with Gasteiger partial charge in [-0.2, -0.15) is 0 Å². The minimum Gasteiger partial charge on any atom is -0.412 e. The van der Waals surface area contributed by atoms with Gasteiger partial charge in [-0.1, -0.05) is 24.3 Å². The summed E-state index contributed by atoms with van der Waals surface area (Å²) in [7, 11) is 0. The highest BCUT2D eigenvalue weighted by Crippen LogP contribution is 2.51. The van der Waals surface area contributed by atoms with E-state index in [0.29, 0.717) is 17.7 Å². The molecule has 3 aliphatic rings. The Bertz CT molecular complexity index is 519. The molecule has 1 heterocycles. The predicted octanol–water partition coefficient (Wildman–Crippen LogP) is 1.81. The van der Waals surface area contributed by atoms with Crippen molar-refractivity contribution in [2.24, 2.45) is 5.92 Å². The molecule has 4 rings (SSSR count). The normalized spacial score (nSPS) is 34.1. The van der Waals surface area contributed by atoms with Crippen LogP contribution in [0.25, 0.3) is 0 Å². The third-order valence-electron chi connectivity index (χ3n) is 5.40. The molecule has 0 unspecified atom stereocenters. The van der Waals surface area contributed by atoms with E-state index in [4.69, 9.17) is 0 Å². The number of ketones is 1. The van der Waals surface area contributed by atoms with Crippen LogP contribution in [0.5, 0.6) is 0 Å². The van der Waals surface area contributed by atoms with Crippen LogP contribution in [0.3, 0.4) is 0 Å². The maximum Gasteiger partial charge on any atom is 0.143 e. The fourth-order valence-electron chi connectivity index (χ4n) is 4.69. The number of carbonyl (C=O) groups excluding carboxylic acids is 1. The Balaban J connectivity index is 0.000000735. The lowest BCUT2D eigenvalue weighted by Crippen LogP contribution is -2.62. The number of halogens is 1. The lowest BCUT2D eigenvalue weighted by molar-refractivity contribution is -0.132. The number of carbonyl (C=O) groups is 1. The van der Waals surface area contributed by atoms with E-state index in [9.17, 15) is 4.79 Å². The first kappa shape index (κ1) is 15.5. The van der Waals surface area contributed by atoms with E-state index in [0.717, 1.165) is 32.2 Å². The van der Waals surface area contributed by atoms with Crippen molar-refractivity contribution in [3.8, 4) is 0 Å². The fourth-order valence-corrected chi connectivity index (χ4v) is 4.69. The monoisotopic (exact) mass is 295 g/mol. The van der Waals surface area contributed by atoms with E-state index in [2.05, 4.69) is 29.6 Å². The second-order valence-corrected chi connectivity index (χ2v) is 6.07. The number of benzene rings is 1. The van der Waals surface area contributed by atoms with Crippen LogP contribution in [0.4, 0.5) is 0 Å². The molecule has 0 amide bonds. The fraction of sp³-hybridized carbons (Fsp3) is 0.562. The van der Waals surface area contributed by atoms with Crippen LogP contribution in [-0.2, 0) is 16.6 Å². The van der Waals surface area contributed by atoms with Crippen LogP contribution in [-0.4, -0.2) is 23.8 Å². The van der Waals surface area contributed by atoms with Crippen molar-refractivity contribution in [1.29, 1.82) is 0 Å². The Morgan fingerprint density at radius 1 is 1.25 bits per heavy atom. The van der Waals surface area contributed by atoms with E-state index in [1.165, 1.54) is 17.5 Å². The van der Waals surface area contributed by atoms with Gasteiger partial charge in [0.15, 0.2) is 0 Å². The summed E-state index contributed by atoms with van der Waals surface area (Å²) in [5.74, 6) is 1.06. The van der Waals surface area contributed by atoms with Gasteiger partial charge in [0.25, 0.3) is 0 Å². The molecule has 1 aromatic rings. The number of nitrogens with one attached hydrogen (secondary N) is 1. The zero-order chi connectivity index (χ0) is 12.2. The lowest BCUT2D eigenvalue weighted by Gasteiger charge is -2.54. The topological polar surface area (TPSA) is 60.6 Å². The van der Waals surface area contributed by atoms with Gasteiger partial charge in [0, 0.05) is 12.5 Å². The van der Waals surface area contributed by atoms with Crippen molar-refractivity contribution in [2.45, 2.75) is 43.6 Å². The quantitative estimate of drug-likeness (QED) is 0.793. The Hall–Kier alpha value is -0.900. The molecule has 0 spiro atoms. The molecule has 1 saturated carbocycles. The third-order valence-corrected chi connectivity index (χ3v) is 5.40. The van der Waals surface area contributed by atoms with Gasteiger partial charge in [0.1, 0.15) is 5.78 Å². The summed E-state index contributed by atoms with van der Waals surface area (Å²) in [4.78, 5) is 12.7. The number of fused-ring (bicyclic) bond motifs is 1. The highest BCUT2D eigenvalue weighted by atomic mass is 35.5. The molecule has 0 aromatic heterocycles. The zero-order valence-electron chi connectivity index (χ0n) is 11.5. The van der Waals surface area contributed by atoms with Crippen LogP contribution in [0.2, 0.25) is 0 Å². The van der Waals surface area contributed by atoms with E-state index in [1.807, 2.05) is 0 Å². The number of Topliss-reactive ketones (excluding diaryl/α,β-unsaturated/α-hetero) is 1. The van der Waals surface area contributed by atoms with E-state index < -0.39 is 0 Å². The van der Waals surface area contributed by atoms with Gasteiger partial charge in [0.05, 0.1) is 5.41 Å². The highest BCUT2D eigenvalue weighted by Gasteiger charge is 2.55. The molecular weight excluding hydrogens is 274 g/mol. The Labute approximate surface area is 125 Å². The van der Waals surface area contributed by atoms with Gasteiger partial charge in [0.2, 0.25) is 0 Å². The van der Waals surface area contributed by atoms with Crippen LogP contribution in [0.1, 0.15) is 36.8 Å². The molecule has 4 heteroatoms. The van der Waals surface area contributed by atoms with Crippen molar-refractivity contribution < 1.29 is 10.3 Å². The Morgan fingerprint density at radius 2 is 2.05 bits per heavy atom. The SMILES string of the molecule is Cl.O.O=C1CCC[C@H]2[C@H]3Cc4ccccc4[C@@]12CCN3. The lowest BCUT2D eigenvalue weighted by atomic mass is 9.52. The van der Waals surface area contributed by atoms with Crippen molar-refractivity contribution in [1.82, 2.24) is 5.32 Å². The molecule has 0 radical (unpaired) electrons. The van der Waals surface area contributed by atoms with E-state index in [-0.39, 0.29) is 23.3 Å². The summed E-state index contributed by atoms with van der Waals surface area (Å²) >= 11 is 0. The molecular formula is C16H22ClNO2. The molecule has 3 atom stereocenters. The summed E-state index contributed by atoms with van der Waals surface area (Å²) in [5.41, 5.74) is 2.63. The summed E-state index contributed by atoms with van der Waals surface area (Å²) in [6.07, 6.45) is 5.21.